The fourth-order valence-corrected chi connectivity index (χ4v) is 1.88. The summed E-state index contributed by atoms with van der Waals surface area (Å²) in [7, 11) is 0. The van der Waals surface area contributed by atoms with Crippen LogP contribution in [0.2, 0.25) is 5.02 Å². The molecule has 0 aliphatic carbocycles. The van der Waals surface area contributed by atoms with Crippen LogP contribution in [0.3, 0.4) is 0 Å². The predicted octanol–water partition coefficient (Wildman–Crippen LogP) is 2.42. The normalized spacial score (nSPS) is 11.0. The van der Waals surface area contributed by atoms with E-state index in [1.54, 1.807) is 12.1 Å². The van der Waals surface area contributed by atoms with Gasteiger partial charge in [-0.15, -0.1) is 0 Å². The van der Waals surface area contributed by atoms with Crippen LogP contribution in [0.25, 0.3) is 11.3 Å². The molecule has 1 aromatic carbocycles. The average Bonchev–Trinajstić information content (AvgIpc) is 2.92. The van der Waals surface area contributed by atoms with Gasteiger partial charge in [0.1, 0.15) is 11.5 Å². The van der Waals surface area contributed by atoms with Crippen molar-refractivity contribution in [2.45, 2.75) is 0 Å². The average molecular weight is 310 g/mol. The van der Waals surface area contributed by atoms with Crippen LogP contribution < -0.4 is 5.43 Å². The van der Waals surface area contributed by atoms with Crippen molar-refractivity contribution in [3.05, 3.63) is 51.2 Å². The van der Waals surface area contributed by atoms with Gasteiger partial charge in [0.2, 0.25) is 0 Å². The molecule has 2 N–H and O–H groups in total. The zero-order valence-electron chi connectivity index (χ0n) is 10.8. The molecule has 7 nitrogen and oxygen atoms in total. The number of nitro groups is 1. The van der Waals surface area contributed by atoms with Crippen LogP contribution in [0.4, 0.5) is 5.69 Å². The van der Waals surface area contributed by atoms with E-state index in [2.05, 4.69) is 10.5 Å². The number of benzene rings is 1. The van der Waals surface area contributed by atoms with Gasteiger partial charge in [-0.1, -0.05) is 11.6 Å². The Morgan fingerprint density at radius 3 is 2.90 bits per heavy atom. The van der Waals surface area contributed by atoms with E-state index >= 15 is 0 Å². The number of halogens is 1. The van der Waals surface area contributed by atoms with Crippen molar-refractivity contribution in [1.82, 2.24) is 5.43 Å². The van der Waals surface area contributed by atoms with E-state index in [-0.39, 0.29) is 17.3 Å². The fraction of sp³-hybridized carbons (Fsp3) is 0.154. The quantitative estimate of drug-likeness (QED) is 0.369. The van der Waals surface area contributed by atoms with Crippen LogP contribution in [0.5, 0.6) is 0 Å². The molecule has 2 rings (SSSR count). The maximum atomic E-state index is 10.7. The molecule has 110 valence electrons. The molecule has 0 saturated heterocycles. The Hall–Kier alpha value is -2.38. The highest BCUT2D eigenvalue weighted by Crippen LogP contribution is 2.31. The SMILES string of the molecule is O=[N+]([O-])c1ccc(-c2ccc(/C=N/NCCO)o2)c(Cl)c1. The Kier molecular flexibility index (Phi) is 4.91. The summed E-state index contributed by atoms with van der Waals surface area (Å²) in [6.07, 6.45) is 1.46. The van der Waals surface area contributed by atoms with E-state index in [4.69, 9.17) is 21.1 Å². The van der Waals surface area contributed by atoms with E-state index in [0.717, 1.165) is 0 Å². The summed E-state index contributed by atoms with van der Waals surface area (Å²) >= 11 is 6.02. The largest absolute Gasteiger partial charge is 0.455 e. The van der Waals surface area contributed by atoms with Crippen molar-refractivity contribution in [3.8, 4) is 11.3 Å². The van der Waals surface area contributed by atoms with Crippen LogP contribution in [0, 0.1) is 10.1 Å². The van der Waals surface area contributed by atoms with Gasteiger partial charge in [-0.2, -0.15) is 5.10 Å². The second-order valence-corrected chi connectivity index (χ2v) is 4.42. The number of non-ortho nitro benzene ring substituents is 1. The molecule has 0 aliphatic rings. The molecule has 0 saturated carbocycles. The lowest BCUT2D eigenvalue weighted by Crippen LogP contribution is -2.10. The molecule has 0 aliphatic heterocycles. The lowest BCUT2D eigenvalue weighted by atomic mass is 10.1. The monoisotopic (exact) mass is 309 g/mol. The summed E-state index contributed by atoms with van der Waals surface area (Å²) in [5.74, 6) is 0.975. The fourth-order valence-electron chi connectivity index (χ4n) is 1.61. The van der Waals surface area contributed by atoms with Crippen molar-refractivity contribution >= 4 is 23.5 Å². The van der Waals surface area contributed by atoms with Crippen LogP contribution in [0.1, 0.15) is 5.76 Å². The number of nitrogens with zero attached hydrogens (tertiary/aromatic N) is 2. The molecule has 8 heteroatoms. The van der Waals surface area contributed by atoms with Crippen molar-refractivity contribution < 1.29 is 14.4 Å². The first-order valence-corrected chi connectivity index (χ1v) is 6.40. The lowest BCUT2D eigenvalue weighted by Gasteiger charge is -2.00. The number of furan rings is 1. The maximum absolute atomic E-state index is 10.7. The molecular formula is C13H12ClN3O4. The van der Waals surface area contributed by atoms with Crippen molar-refractivity contribution in [3.63, 3.8) is 0 Å². The third-order valence-electron chi connectivity index (χ3n) is 2.56. The lowest BCUT2D eigenvalue weighted by molar-refractivity contribution is -0.384. The smallest absolute Gasteiger partial charge is 0.270 e. The first kappa shape index (κ1) is 15.0. The van der Waals surface area contributed by atoms with Gasteiger partial charge in [0.05, 0.1) is 29.3 Å². The predicted molar refractivity (Wildman–Crippen MR) is 78.5 cm³/mol. The highest BCUT2D eigenvalue weighted by Gasteiger charge is 2.13. The first-order valence-electron chi connectivity index (χ1n) is 6.02. The van der Waals surface area contributed by atoms with Crippen LogP contribution >= 0.6 is 11.6 Å². The number of hydrazone groups is 1. The summed E-state index contributed by atoms with van der Waals surface area (Å²) in [6, 6.07) is 7.55. The van der Waals surface area contributed by atoms with Gasteiger partial charge in [0.15, 0.2) is 0 Å². The topological polar surface area (TPSA) is 101 Å². The Morgan fingerprint density at radius 2 is 2.24 bits per heavy atom. The summed E-state index contributed by atoms with van der Waals surface area (Å²) in [6.45, 7) is 0.331. The highest BCUT2D eigenvalue weighted by atomic mass is 35.5. The third kappa shape index (κ3) is 3.80. The van der Waals surface area contributed by atoms with E-state index in [1.807, 2.05) is 0 Å². The minimum Gasteiger partial charge on any atom is -0.455 e. The van der Waals surface area contributed by atoms with E-state index < -0.39 is 4.92 Å². The molecule has 0 amide bonds. The molecule has 0 bridgehead atoms. The molecule has 0 spiro atoms. The molecule has 0 radical (unpaired) electrons. The Labute approximate surface area is 125 Å². The minimum absolute atomic E-state index is 0.0147. The van der Waals surface area contributed by atoms with Crippen LogP contribution in [0.15, 0.2) is 39.9 Å². The number of aliphatic hydroxyl groups excluding tert-OH is 1. The van der Waals surface area contributed by atoms with E-state index in [9.17, 15) is 10.1 Å². The molecule has 1 heterocycles. The van der Waals surface area contributed by atoms with Gasteiger partial charge < -0.3 is 14.9 Å². The standard InChI is InChI=1S/C13H12ClN3O4/c14-12-7-9(17(19)20)1-3-11(12)13-4-2-10(21-13)8-16-15-5-6-18/h1-4,7-8,15,18H,5-6H2/b16-8+. The zero-order valence-corrected chi connectivity index (χ0v) is 11.6. The molecule has 21 heavy (non-hydrogen) atoms. The number of nitro benzene ring substituents is 1. The van der Waals surface area contributed by atoms with Crippen molar-refractivity contribution in [2.24, 2.45) is 5.10 Å². The summed E-state index contributed by atoms with van der Waals surface area (Å²) in [5, 5.41) is 23.3. The second kappa shape index (κ2) is 6.87. The third-order valence-corrected chi connectivity index (χ3v) is 2.88. The molecule has 0 fully saturated rings. The molecule has 1 aromatic heterocycles. The number of nitrogens with one attached hydrogen (secondary N) is 1. The maximum Gasteiger partial charge on any atom is 0.270 e. The number of hydrogen-bond donors (Lipinski definition) is 2. The highest BCUT2D eigenvalue weighted by molar-refractivity contribution is 6.33. The Morgan fingerprint density at radius 1 is 1.43 bits per heavy atom. The molecule has 0 unspecified atom stereocenters. The Bertz CT molecular complexity index is 669. The van der Waals surface area contributed by atoms with Crippen molar-refractivity contribution in [1.29, 1.82) is 0 Å². The Balaban J connectivity index is 2.18. The number of aliphatic hydroxyl groups is 1. The van der Waals surface area contributed by atoms with Gasteiger partial charge in [-0.3, -0.25) is 10.1 Å². The van der Waals surface area contributed by atoms with Gasteiger partial charge in [-0.05, 0) is 18.2 Å². The van der Waals surface area contributed by atoms with Crippen molar-refractivity contribution in [2.75, 3.05) is 13.2 Å². The van der Waals surface area contributed by atoms with Crippen LogP contribution in [-0.2, 0) is 0 Å². The van der Waals surface area contributed by atoms with Gasteiger partial charge in [-0.25, -0.2) is 0 Å². The van der Waals surface area contributed by atoms with E-state index in [1.165, 1.54) is 24.4 Å². The molecule has 0 atom stereocenters. The molecule has 2 aromatic rings. The van der Waals surface area contributed by atoms with Gasteiger partial charge >= 0.3 is 0 Å². The first-order chi connectivity index (χ1) is 10.1. The van der Waals surface area contributed by atoms with Crippen LogP contribution in [-0.4, -0.2) is 29.4 Å². The zero-order chi connectivity index (χ0) is 15.2. The van der Waals surface area contributed by atoms with Gasteiger partial charge in [0.25, 0.3) is 5.69 Å². The second-order valence-electron chi connectivity index (χ2n) is 4.01. The summed E-state index contributed by atoms with van der Waals surface area (Å²) in [5.41, 5.74) is 3.10. The summed E-state index contributed by atoms with van der Waals surface area (Å²) in [4.78, 5) is 10.1. The molecular weight excluding hydrogens is 298 g/mol. The number of hydrogen-bond acceptors (Lipinski definition) is 6. The number of rotatable bonds is 6. The minimum atomic E-state index is -0.511. The summed E-state index contributed by atoms with van der Waals surface area (Å²) < 4.78 is 5.52. The van der Waals surface area contributed by atoms with Gasteiger partial charge in [0, 0.05) is 17.7 Å². The van der Waals surface area contributed by atoms with E-state index in [0.29, 0.717) is 23.6 Å².